The van der Waals surface area contributed by atoms with Gasteiger partial charge in [0.05, 0.1) is 10.5 Å². The molecule has 2 aliphatic rings. The summed E-state index contributed by atoms with van der Waals surface area (Å²) in [6.07, 6.45) is -0.643. The number of fused-ring (bicyclic) bond motifs is 1. The van der Waals surface area contributed by atoms with Crippen LogP contribution in [0.3, 0.4) is 0 Å². The van der Waals surface area contributed by atoms with Crippen LogP contribution in [-0.2, 0) is 40.4 Å². The zero-order chi connectivity index (χ0) is 22.9. The lowest BCUT2D eigenvalue weighted by molar-refractivity contribution is -0.137. The number of halogens is 3. The van der Waals surface area contributed by atoms with E-state index in [-0.39, 0.29) is 31.5 Å². The van der Waals surface area contributed by atoms with E-state index in [0.29, 0.717) is 23.3 Å². The molecule has 0 saturated carbocycles. The maximum Gasteiger partial charge on any atom is 0.416 e. The fourth-order valence-electron chi connectivity index (χ4n) is 4.36. The minimum atomic E-state index is -4.39. The van der Waals surface area contributed by atoms with Crippen molar-refractivity contribution in [2.24, 2.45) is 5.92 Å². The second-order valence-electron chi connectivity index (χ2n) is 8.37. The normalized spacial score (nSPS) is 17.8. The number of hydrogen-bond acceptors (Lipinski definition) is 3. The van der Waals surface area contributed by atoms with Crippen molar-refractivity contribution in [1.82, 2.24) is 9.62 Å². The predicted octanol–water partition coefficient (Wildman–Crippen LogP) is 3.91. The van der Waals surface area contributed by atoms with Crippen LogP contribution >= 0.6 is 0 Å². The number of aryl methyl sites for hydroxylation is 2. The zero-order valence-electron chi connectivity index (χ0n) is 17.5. The highest BCUT2D eigenvalue weighted by molar-refractivity contribution is 7.89. The van der Waals surface area contributed by atoms with Gasteiger partial charge in [-0.15, -0.1) is 0 Å². The third kappa shape index (κ3) is 4.83. The van der Waals surface area contributed by atoms with Crippen molar-refractivity contribution in [2.75, 3.05) is 13.1 Å². The molecule has 1 N–H and O–H groups in total. The van der Waals surface area contributed by atoms with Crippen LogP contribution in [0.5, 0.6) is 0 Å². The van der Waals surface area contributed by atoms with Crippen molar-refractivity contribution in [3.05, 3.63) is 64.7 Å². The monoisotopic (exact) mass is 466 g/mol. The highest BCUT2D eigenvalue weighted by atomic mass is 32.2. The van der Waals surface area contributed by atoms with Crippen molar-refractivity contribution in [2.45, 2.75) is 49.7 Å². The van der Waals surface area contributed by atoms with Gasteiger partial charge in [-0.3, -0.25) is 4.79 Å². The van der Waals surface area contributed by atoms with Crippen molar-refractivity contribution in [1.29, 1.82) is 0 Å². The van der Waals surface area contributed by atoms with E-state index in [2.05, 4.69) is 5.32 Å². The largest absolute Gasteiger partial charge is 0.416 e. The summed E-state index contributed by atoms with van der Waals surface area (Å²) in [5, 5.41) is 2.75. The second-order valence-corrected chi connectivity index (χ2v) is 10.3. The summed E-state index contributed by atoms with van der Waals surface area (Å²) in [7, 11) is -3.59. The van der Waals surface area contributed by atoms with E-state index in [0.717, 1.165) is 37.0 Å². The van der Waals surface area contributed by atoms with Crippen LogP contribution in [0.4, 0.5) is 13.2 Å². The number of nitrogens with zero attached hydrogens (tertiary/aromatic N) is 1. The van der Waals surface area contributed by atoms with Gasteiger partial charge in [0.2, 0.25) is 15.9 Å². The van der Waals surface area contributed by atoms with E-state index in [4.69, 9.17) is 0 Å². The lowest BCUT2D eigenvalue weighted by Crippen LogP contribution is -2.42. The number of hydrogen-bond donors (Lipinski definition) is 1. The number of benzene rings is 2. The molecule has 32 heavy (non-hydrogen) atoms. The molecule has 1 amide bonds. The summed E-state index contributed by atoms with van der Waals surface area (Å²) in [5.74, 6) is -0.532. The number of sulfonamides is 1. The smallest absolute Gasteiger partial charge is 0.352 e. The first-order valence-corrected chi connectivity index (χ1v) is 12.1. The number of rotatable bonds is 5. The first-order valence-electron chi connectivity index (χ1n) is 10.7. The third-order valence-electron chi connectivity index (χ3n) is 6.28. The van der Waals surface area contributed by atoms with E-state index in [1.165, 1.54) is 22.0 Å². The highest BCUT2D eigenvalue weighted by Gasteiger charge is 2.33. The van der Waals surface area contributed by atoms with Crippen molar-refractivity contribution in [3.8, 4) is 0 Å². The standard InChI is InChI=1S/C23H25F3N2O3S/c24-23(25,26)20-7-4-16(5-8-20)15-27-22(29)18-10-12-28(13-11-18)32(30,31)21-9-6-17-2-1-3-19(17)14-21/h4-9,14,18H,1-3,10-13,15H2,(H,27,29). The lowest BCUT2D eigenvalue weighted by atomic mass is 9.97. The van der Waals surface area contributed by atoms with Gasteiger partial charge in [0, 0.05) is 25.6 Å². The molecule has 1 aliphatic heterocycles. The van der Waals surface area contributed by atoms with Gasteiger partial charge in [-0.25, -0.2) is 8.42 Å². The molecular formula is C23H25F3N2O3S. The van der Waals surface area contributed by atoms with Crippen LogP contribution in [0.25, 0.3) is 0 Å². The number of carbonyl (C=O) groups is 1. The molecule has 0 unspecified atom stereocenters. The summed E-state index contributed by atoms with van der Waals surface area (Å²) in [6, 6.07) is 10.0. The van der Waals surface area contributed by atoms with Gasteiger partial charge in [-0.2, -0.15) is 17.5 Å². The van der Waals surface area contributed by atoms with Crippen LogP contribution < -0.4 is 5.32 Å². The molecule has 5 nitrogen and oxygen atoms in total. The average molecular weight is 467 g/mol. The Balaban J connectivity index is 1.31. The quantitative estimate of drug-likeness (QED) is 0.727. The summed E-state index contributed by atoms with van der Waals surface area (Å²) in [4.78, 5) is 12.8. The molecule has 0 radical (unpaired) electrons. The minimum absolute atomic E-state index is 0.130. The first-order chi connectivity index (χ1) is 15.1. The summed E-state index contributed by atoms with van der Waals surface area (Å²) in [5.41, 5.74) is 2.16. The molecule has 1 heterocycles. The SMILES string of the molecule is O=C(NCc1ccc(C(F)(F)F)cc1)C1CCN(S(=O)(=O)c2ccc3c(c2)CCC3)CC1. The van der Waals surface area contributed by atoms with Gasteiger partial charge >= 0.3 is 6.18 Å². The van der Waals surface area contributed by atoms with E-state index in [1.807, 2.05) is 6.07 Å². The topological polar surface area (TPSA) is 66.5 Å². The van der Waals surface area contributed by atoms with Crippen LogP contribution in [0.2, 0.25) is 0 Å². The van der Waals surface area contributed by atoms with Crippen molar-refractivity contribution >= 4 is 15.9 Å². The van der Waals surface area contributed by atoms with Crippen LogP contribution in [-0.4, -0.2) is 31.7 Å². The molecule has 1 saturated heterocycles. The Morgan fingerprint density at radius 1 is 1.00 bits per heavy atom. The Labute approximate surface area is 185 Å². The molecule has 0 atom stereocenters. The van der Waals surface area contributed by atoms with E-state index in [1.54, 1.807) is 12.1 Å². The van der Waals surface area contributed by atoms with Crippen LogP contribution in [0.15, 0.2) is 47.4 Å². The fraction of sp³-hybridized carbons (Fsp3) is 0.435. The molecule has 0 spiro atoms. The molecule has 1 fully saturated rings. The maximum absolute atomic E-state index is 13.0. The average Bonchev–Trinajstić information content (AvgIpc) is 3.25. The molecule has 4 rings (SSSR count). The van der Waals surface area contributed by atoms with Gasteiger partial charge in [-0.1, -0.05) is 18.2 Å². The Morgan fingerprint density at radius 3 is 2.31 bits per heavy atom. The van der Waals surface area contributed by atoms with E-state index < -0.39 is 21.8 Å². The Bertz CT molecular complexity index is 1090. The first kappa shape index (κ1) is 22.8. The molecule has 9 heteroatoms. The molecule has 0 aromatic heterocycles. The summed E-state index contributed by atoms with van der Waals surface area (Å²) >= 11 is 0. The van der Waals surface area contributed by atoms with Gasteiger partial charge < -0.3 is 5.32 Å². The zero-order valence-corrected chi connectivity index (χ0v) is 18.3. The molecular weight excluding hydrogens is 441 g/mol. The predicted molar refractivity (Wildman–Crippen MR) is 113 cm³/mol. The number of alkyl halides is 3. The van der Waals surface area contributed by atoms with E-state index in [9.17, 15) is 26.4 Å². The highest BCUT2D eigenvalue weighted by Crippen LogP contribution is 2.30. The second kappa shape index (κ2) is 8.86. The van der Waals surface area contributed by atoms with Crippen molar-refractivity contribution in [3.63, 3.8) is 0 Å². The molecule has 172 valence electrons. The van der Waals surface area contributed by atoms with Crippen LogP contribution in [0, 0.1) is 5.92 Å². The molecule has 2 aromatic rings. The van der Waals surface area contributed by atoms with Gasteiger partial charge in [0.1, 0.15) is 0 Å². The Kier molecular flexibility index (Phi) is 6.31. The van der Waals surface area contributed by atoms with Gasteiger partial charge in [-0.05, 0) is 73.1 Å². The molecule has 1 aliphatic carbocycles. The lowest BCUT2D eigenvalue weighted by Gasteiger charge is -2.30. The van der Waals surface area contributed by atoms with E-state index >= 15 is 0 Å². The van der Waals surface area contributed by atoms with Crippen molar-refractivity contribution < 1.29 is 26.4 Å². The fourth-order valence-corrected chi connectivity index (χ4v) is 5.88. The van der Waals surface area contributed by atoms with Gasteiger partial charge in [0.15, 0.2) is 0 Å². The van der Waals surface area contributed by atoms with Crippen LogP contribution in [0.1, 0.15) is 41.5 Å². The summed E-state index contributed by atoms with van der Waals surface area (Å²) < 4.78 is 65.4. The Hall–Kier alpha value is -2.39. The Morgan fingerprint density at radius 2 is 1.66 bits per heavy atom. The van der Waals surface area contributed by atoms with Gasteiger partial charge in [0.25, 0.3) is 0 Å². The molecule has 2 aromatic carbocycles. The number of piperidine rings is 1. The summed E-state index contributed by atoms with van der Waals surface area (Å²) in [6.45, 7) is 0.653. The molecule has 0 bridgehead atoms. The third-order valence-corrected chi connectivity index (χ3v) is 8.18. The number of nitrogens with one attached hydrogen (secondary N) is 1. The number of amides is 1. The maximum atomic E-state index is 13.0. The minimum Gasteiger partial charge on any atom is -0.352 e. The number of carbonyl (C=O) groups excluding carboxylic acids is 1.